The molecule has 1 aromatic rings. The van der Waals surface area contributed by atoms with E-state index in [1.54, 1.807) is 0 Å². The Morgan fingerprint density at radius 2 is 2.38 bits per heavy atom. The fourth-order valence-electron chi connectivity index (χ4n) is 1.47. The van der Waals surface area contributed by atoms with Crippen LogP contribution in [0.25, 0.3) is 0 Å². The van der Waals surface area contributed by atoms with Crippen LogP contribution in [0.4, 0.5) is 0 Å². The van der Waals surface area contributed by atoms with Crippen molar-refractivity contribution in [1.82, 2.24) is 9.59 Å². The first-order valence-electron chi connectivity index (χ1n) is 4.74. The average Bonchev–Trinajstić information content (AvgIpc) is 2.84. The van der Waals surface area contributed by atoms with Crippen molar-refractivity contribution < 1.29 is 5.11 Å². The third kappa shape index (κ3) is 2.25. The Morgan fingerprint density at radius 1 is 1.62 bits per heavy atom. The second-order valence-corrected chi connectivity index (χ2v) is 4.54. The molecule has 0 radical (unpaired) electrons. The van der Waals surface area contributed by atoms with E-state index in [4.69, 9.17) is 0 Å². The second kappa shape index (κ2) is 3.72. The van der Waals surface area contributed by atoms with Crippen LogP contribution in [0, 0.1) is 12.8 Å². The number of nitrogens with zero attached hydrogens (tertiary/aromatic N) is 2. The van der Waals surface area contributed by atoms with Crippen molar-refractivity contribution in [1.29, 1.82) is 0 Å². The van der Waals surface area contributed by atoms with Gasteiger partial charge in [-0.2, -0.15) is 0 Å². The van der Waals surface area contributed by atoms with Crippen LogP contribution < -0.4 is 0 Å². The molecule has 0 bridgehead atoms. The van der Waals surface area contributed by atoms with Crippen LogP contribution >= 0.6 is 11.5 Å². The van der Waals surface area contributed by atoms with Crippen molar-refractivity contribution >= 4 is 11.5 Å². The van der Waals surface area contributed by atoms with Gasteiger partial charge in [0.25, 0.3) is 0 Å². The lowest BCUT2D eigenvalue weighted by Gasteiger charge is -2.06. The molecule has 1 aliphatic rings. The van der Waals surface area contributed by atoms with Crippen molar-refractivity contribution in [3.05, 3.63) is 10.6 Å². The summed E-state index contributed by atoms with van der Waals surface area (Å²) in [4.78, 5) is 0.945. The summed E-state index contributed by atoms with van der Waals surface area (Å²) in [5, 5.41) is 13.7. The van der Waals surface area contributed by atoms with Gasteiger partial charge in [0, 0.05) is 0 Å². The molecule has 1 atom stereocenters. The first kappa shape index (κ1) is 9.09. The fourth-order valence-corrected chi connectivity index (χ4v) is 2.14. The Balaban J connectivity index is 1.88. The topological polar surface area (TPSA) is 46.0 Å². The predicted octanol–water partition coefficient (Wildman–Crippen LogP) is 2.07. The maximum Gasteiger partial charge on any atom is 0.0917 e. The summed E-state index contributed by atoms with van der Waals surface area (Å²) in [7, 11) is 0. The van der Waals surface area contributed by atoms with Crippen LogP contribution in [0.3, 0.4) is 0 Å². The molecule has 1 saturated carbocycles. The van der Waals surface area contributed by atoms with Crippen molar-refractivity contribution in [2.24, 2.45) is 5.92 Å². The van der Waals surface area contributed by atoms with Gasteiger partial charge in [0.15, 0.2) is 0 Å². The highest BCUT2D eigenvalue weighted by atomic mass is 32.1. The smallest absolute Gasteiger partial charge is 0.0917 e. The standard InChI is InChI=1S/C9H14N2OS/c1-6-9(13-11-10-6)8(12)5-4-7-2-3-7/h7-8,12H,2-5H2,1H3. The summed E-state index contributed by atoms with van der Waals surface area (Å²) >= 11 is 1.32. The number of aliphatic hydroxyl groups is 1. The number of hydrogen-bond donors (Lipinski definition) is 1. The van der Waals surface area contributed by atoms with E-state index in [-0.39, 0.29) is 6.10 Å². The molecule has 4 heteroatoms. The Kier molecular flexibility index (Phi) is 2.60. The van der Waals surface area contributed by atoms with E-state index in [1.165, 1.54) is 24.4 Å². The largest absolute Gasteiger partial charge is 0.387 e. The number of aliphatic hydroxyl groups excluding tert-OH is 1. The Hall–Kier alpha value is -0.480. The molecule has 0 aliphatic heterocycles. The highest BCUT2D eigenvalue weighted by molar-refractivity contribution is 7.05. The number of rotatable bonds is 4. The van der Waals surface area contributed by atoms with Gasteiger partial charge in [-0.05, 0) is 37.2 Å². The lowest BCUT2D eigenvalue weighted by Crippen LogP contribution is -1.97. The molecule has 0 saturated heterocycles. The maximum atomic E-state index is 9.80. The summed E-state index contributed by atoms with van der Waals surface area (Å²) in [5.41, 5.74) is 0.883. The minimum atomic E-state index is -0.333. The van der Waals surface area contributed by atoms with Crippen LogP contribution in [0.1, 0.15) is 42.4 Å². The van der Waals surface area contributed by atoms with Gasteiger partial charge in [-0.25, -0.2) is 0 Å². The summed E-state index contributed by atoms with van der Waals surface area (Å²) in [6, 6.07) is 0. The van der Waals surface area contributed by atoms with Crippen LogP contribution in [-0.2, 0) is 0 Å². The molecule has 1 unspecified atom stereocenters. The monoisotopic (exact) mass is 198 g/mol. The summed E-state index contributed by atoms with van der Waals surface area (Å²) in [5.74, 6) is 0.885. The molecule has 0 aromatic carbocycles. The Bertz CT molecular complexity index is 283. The van der Waals surface area contributed by atoms with E-state index < -0.39 is 0 Å². The molecule has 0 amide bonds. The van der Waals surface area contributed by atoms with E-state index in [9.17, 15) is 5.11 Å². The molecule has 72 valence electrons. The van der Waals surface area contributed by atoms with Gasteiger partial charge in [-0.1, -0.05) is 17.3 Å². The van der Waals surface area contributed by atoms with Crippen LogP contribution in [0.15, 0.2) is 0 Å². The minimum absolute atomic E-state index is 0.333. The van der Waals surface area contributed by atoms with Gasteiger partial charge in [0.1, 0.15) is 0 Å². The second-order valence-electron chi connectivity index (χ2n) is 3.76. The van der Waals surface area contributed by atoms with Gasteiger partial charge in [0.2, 0.25) is 0 Å². The van der Waals surface area contributed by atoms with E-state index in [1.807, 2.05) is 6.92 Å². The van der Waals surface area contributed by atoms with Gasteiger partial charge in [0.05, 0.1) is 16.7 Å². The van der Waals surface area contributed by atoms with E-state index in [2.05, 4.69) is 9.59 Å². The summed E-state index contributed by atoms with van der Waals surface area (Å²) in [6.45, 7) is 1.90. The molecule has 1 aliphatic carbocycles. The zero-order valence-electron chi connectivity index (χ0n) is 7.73. The van der Waals surface area contributed by atoms with Crippen molar-refractivity contribution in [2.45, 2.75) is 38.7 Å². The molecular weight excluding hydrogens is 184 g/mol. The van der Waals surface area contributed by atoms with Crippen LogP contribution in [-0.4, -0.2) is 14.7 Å². The normalized spacial score (nSPS) is 18.9. The summed E-state index contributed by atoms with van der Waals surface area (Å²) in [6.07, 6.45) is 4.40. The van der Waals surface area contributed by atoms with Crippen molar-refractivity contribution in [2.75, 3.05) is 0 Å². The molecule has 1 heterocycles. The van der Waals surface area contributed by atoms with Gasteiger partial charge in [-0.3, -0.25) is 0 Å². The van der Waals surface area contributed by atoms with Crippen LogP contribution in [0.5, 0.6) is 0 Å². The zero-order valence-corrected chi connectivity index (χ0v) is 8.55. The van der Waals surface area contributed by atoms with Gasteiger partial charge in [-0.15, -0.1) is 5.10 Å². The molecule has 1 N–H and O–H groups in total. The molecular formula is C9H14N2OS. The fraction of sp³-hybridized carbons (Fsp3) is 0.778. The van der Waals surface area contributed by atoms with Crippen LogP contribution in [0.2, 0.25) is 0 Å². The predicted molar refractivity (Wildman–Crippen MR) is 51.6 cm³/mol. The quantitative estimate of drug-likeness (QED) is 0.805. The maximum absolute atomic E-state index is 9.80. The molecule has 2 rings (SSSR count). The van der Waals surface area contributed by atoms with Gasteiger partial charge >= 0.3 is 0 Å². The third-order valence-corrected chi connectivity index (χ3v) is 3.46. The Labute approximate surface area is 82.0 Å². The van der Waals surface area contributed by atoms with E-state index >= 15 is 0 Å². The number of aromatic nitrogens is 2. The average molecular weight is 198 g/mol. The first-order valence-corrected chi connectivity index (χ1v) is 5.51. The van der Waals surface area contributed by atoms with Gasteiger partial charge < -0.3 is 5.11 Å². The summed E-state index contributed by atoms with van der Waals surface area (Å²) < 4.78 is 3.82. The zero-order chi connectivity index (χ0) is 9.26. The lowest BCUT2D eigenvalue weighted by molar-refractivity contribution is 0.165. The van der Waals surface area contributed by atoms with Crippen molar-refractivity contribution in [3.8, 4) is 0 Å². The highest BCUT2D eigenvalue weighted by Crippen LogP contribution is 2.36. The van der Waals surface area contributed by atoms with Crippen molar-refractivity contribution in [3.63, 3.8) is 0 Å². The molecule has 1 fully saturated rings. The number of aryl methyl sites for hydroxylation is 1. The third-order valence-electron chi connectivity index (χ3n) is 2.53. The van der Waals surface area contributed by atoms with E-state index in [0.717, 1.165) is 29.3 Å². The molecule has 3 nitrogen and oxygen atoms in total. The molecule has 13 heavy (non-hydrogen) atoms. The number of hydrogen-bond acceptors (Lipinski definition) is 4. The highest BCUT2D eigenvalue weighted by Gasteiger charge is 2.23. The molecule has 0 spiro atoms. The lowest BCUT2D eigenvalue weighted by atomic mass is 10.1. The van der Waals surface area contributed by atoms with E-state index in [0.29, 0.717) is 0 Å². The first-order chi connectivity index (χ1) is 6.27. The SMILES string of the molecule is Cc1nnsc1C(O)CCC1CC1. The Morgan fingerprint density at radius 3 is 2.92 bits per heavy atom. The molecule has 1 aromatic heterocycles. The minimum Gasteiger partial charge on any atom is -0.387 e.